The van der Waals surface area contributed by atoms with Crippen molar-refractivity contribution < 1.29 is 13.9 Å². The highest BCUT2D eigenvalue weighted by molar-refractivity contribution is 5.79. The predicted molar refractivity (Wildman–Crippen MR) is 70.4 cm³/mol. The molecule has 1 amide bonds. The molecule has 1 heterocycles. The molecule has 1 unspecified atom stereocenters. The van der Waals surface area contributed by atoms with Crippen molar-refractivity contribution in [2.45, 2.75) is 12.5 Å². The largest absolute Gasteiger partial charge is 0.373 e. The van der Waals surface area contributed by atoms with E-state index in [4.69, 9.17) is 4.74 Å². The van der Waals surface area contributed by atoms with Gasteiger partial charge in [0.05, 0.1) is 19.1 Å². The molecule has 0 radical (unpaired) electrons. The summed E-state index contributed by atoms with van der Waals surface area (Å²) in [6, 6.07) is 6.40. The number of benzene rings is 1. The summed E-state index contributed by atoms with van der Waals surface area (Å²) < 4.78 is 19.1. The standard InChI is InChI=1S/C14H19FN2O2/c1-16-9-12-10-17(6-7-19-12)14(18)8-11-4-2-3-5-13(11)15/h2-5,12,16H,6-10H2,1H3. The summed E-state index contributed by atoms with van der Waals surface area (Å²) in [5.41, 5.74) is 0.448. The summed E-state index contributed by atoms with van der Waals surface area (Å²) in [6.07, 6.45) is 0.127. The van der Waals surface area contributed by atoms with Gasteiger partial charge >= 0.3 is 0 Å². The second-order valence-corrected chi connectivity index (χ2v) is 4.66. The number of nitrogens with one attached hydrogen (secondary N) is 1. The molecular formula is C14H19FN2O2. The Kier molecular flexibility index (Phi) is 4.87. The lowest BCUT2D eigenvalue weighted by molar-refractivity contribution is -0.137. The first-order chi connectivity index (χ1) is 9.20. The SMILES string of the molecule is CNCC1CN(C(=O)Cc2ccccc2F)CCO1. The van der Waals surface area contributed by atoms with E-state index in [1.807, 2.05) is 7.05 Å². The van der Waals surface area contributed by atoms with Gasteiger partial charge in [-0.15, -0.1) is 0 Å². The van der Waals surface area contributed by atoms with Gasteiger partial charge in [0.25, 0.3) is 0 Å². The van der Waals surface area contributed by atoms with E-state index in [0.717, 1.165) is 0 Å². The number of hydrogen-bond acceptors (Lipinski definition) is 3. The van der Waals surface area contributed by atoms with Gasteiger partial charge in [0, 0.05) is 19.6 Å². The minimum atomic E-state index is -0.323. The van der Waals surface area contributed by atoms with Crippen LogP contribution in [0.25, 0.3) is 0 Å². The summed E-state index contributed by atoms with van der Waals surface area (Å²) in [6.45, 7) is 2.39. The molecule has 1 aromatic carbocycles. The number of hydrogen-bond donors (Lipinski definition) is 1. The Balaban J connectivity index is 1.94. The zero-order valence-electron chi connectivity index (χ0n) is 11.1. The van der Waals surface area contributed by atoms with E-state index >= 15 is 0 Å². The van der Waals surface area contributed by atoms with Gasteiger partial charge in [-0.05, 0) is 18.7 Å². The lowest BCUT2D eigenvalue weighted by Crippen LogP contribution is -2.49. The minimum Gasteiger partial charge on any atom is -0.373 e. The summed E-state index contributed by atoms with van der Waals surface area (Å²) in [4.78, 5) is 13.9. The van der Waals surface area contributed by atoms with Crippen LogP contribution in [0.15, 0.2) is 24.3 Å². The van der Waals surface area contributed by atoms with Crippen molar-refractivity contribution in [2.24, 2.45) is 0 Å². The lowest BCUT2D eigenvalue weighted by atomic mass is 10.1. The van der Waals surface area contributed by atoms with E-state index in [1.165, 1.54) is 6.07 Å². The van der Waals surface area contributed by atoms with E-state index in [2.05, 4.69) is 5.32 Å². The van der Waals surface area contributed by atoms with E-state index < -0.39 is 0 Å². The van der Waals surface area contributed by atoms with Gasteiger partial charge < -0.3 is 15.0 Å². The normalized spacial score (nSPS) is 19.5. The third-order valence-corrected chi connectivity index (χ3v) is 3.22. The van der Waals surface area contributed by atoms with Crippen LogP contribution < -0.4 is 5.32 Å². The number of likely N-dealkylation sites (N-methyl/N-ethyl adjacent to an activating group) is 1. The molecule has 104 valence electrons. The average Bonchev–Trinajstić information content (AvgIpc) is 2.42. The number of morpholine rings is 1. The average molecular weight is 266 g/mol. The number of ether oxygens (including phenoxy) is 1. The lowest BCUT2D eigenvalue weighted by Gasteiger charge is -2.33. The van der Waals surface area contributed by atoms with Crippen molar-refractivity contribution in [1.29, 1.82) is 0 Å². The van der Waals surface area contributed by atoms with Crippen LogP contribution in [0.4, 0.5) is 4.39 Å². The van der Waals surface area contributed by atoms with Crippen molar-refractivity contribution >= 4 is 5.91 Å². The maximum Gasteiger partial charge on any atom is 0.227 e. The summed E-state index contributed by atoms with van der Waals surface area (Å²) in [7, 11) is 1.85. The molecule has 2 rings (SSSR count). The number of carbonyl (C=O) groups excluding carboxylic acids is 1. The fourth-order valence-electron chi connectivity index (χ4n) is 2.21. The number of nitrogens with zero attached hydrogens (tertiary/aromatic N) is 1. The van der Waals surface area contributed by atoms with Gasteiger partial charge in [0.15, 0.2) is 0 Å². The van der Waals surface area contributed by atoms with Crippen LogP contribution in [0.5, 0.6) is 0 Å². The van der Waals surface area contributed by atoms with E-state index in [1.54, 1.807) is 23.1 Å². The van der Waals surface area contributed by atoms with Crippen LogP contribution in [-0.2, 0) is 16.0 Å². The number of carbonyl (C=O) groups is 1. The Labute approximate surface area is 112 Å². The molecule has 1 N–H and O–H groups in total. The quantitative estimate of drug-likeness (QED) is 0.877. The Morgan fingerprint density at radius 2 is 2.32 bits per heavy atom. The van der Waals surface area contributed by atoms with Crippen molar-refractivity contribution in [3.63, 3.8) is 0 Å². The molecule has 1 aromatic rings. The van der Waals surface area contributed by atoms with Crippen LogP contribution in [0.3, 0.4) is 0 Å². The van der Waals surface area contributed by atoms with Crippen molar-refractivity contribution in [1.82, 2.24) is 10.2 Å². The maximum absolute atomic E-state index is 13.5. The van der Waals surface area contributed by atoms with Gasteiger partial charge in [-0.2, -0.15) is 0 Å². The monoisotopic (exact) mass is 266 g/mol. The number of rotatable bonds is 4. The fourth-order valence-corrected chi connectivity index (χ4v) is 2.21. The third-order valence-electron chi connectivity index (χ3n) is 3.22. The zero-order valence-corrected chi connectivity index (χ0v) is 11.1. The van der Waals surface area contributed by atoms with Crippen LogP contribution in [0, 0.1) is 5.82 Å². The first-order valence-corrected chi connectivity index (χ1v) is 6.48. The molecule has 0 saturated carbocycles. The molecule has 1 aliphatic rings. The smallest absolute Gasteiger partial charge is 0.227 e. The van der Waals surface area contributed by atoms with Gasteiger partial charge in [0.2, 0.25) is 5.91 Å². The fraction of sp³-hybridized carbons (Fsp3) is 0.500. The Morgan fingerprint density at radius 1 is 1.53 bits per heavy atom. The molecule has 0 bridgehead atoms. The van der Waals surface area contributed by atoms with Gasteiger partial charge in [-0.3, -0.25) is 4.79 Å². The molecule has 19 heavy (non-hydrogen) atoms. The van der Waals surface area contributed by atoms with Crippen LogP contribution in [-0.4, -0.2) is 50.2 Å². The van der Waals surface area contributed by atoms with Crippen LogP contribution >= 0.6 is 0 Å². The highest BCUT2D eigenvalue weighted by Gasteiger charge is 2.24. The molecule has 0 aromatic heterocycles. The topological polar surface area (TPSA) is 41.6 Å². The first kappa shape index (κ1) is 14.0. The van der Waals surface area contributed by atoms with E-state index in [9.17, 15) is 9.18 Å². The minimum absolute atomic E-state index is 0.0170. The molecule has 4 nitrogen and oxygen atoms in total. The molecule has 1 aliphatic heterocycles. The molecular weight excluding hydrogens is 247 g/mol. The number of halogens is 1. The van der Waals surface area contributed by atoms with Gasteiger partial charge in [-0.25, -0.2) is 4.39 Å². The van der Waals surface area contributed by atoms with Crippen LogP contribution in [0.1, 0.15) is 5.56 Å². The van der Waals surface area contributed by atoms with Gasteiger partial charge in [0.1, 0.15) is 5.82 Å². The molecule has 0 aliphatic carbocycles. The molecule has 0 spiro atoms. The Hall–Kier alpha value is -1.46. The van der Waals surface area contributed by atoms with E-state index in [0.29, 0.717) is 31.8 Å². The molecule has 5 heteroatoms. The second-order valence-electron chi connectivity index (χ2n) is 4.66. The zero-order chi connectivity index (χ0) is 13.7. The van der Waals surface area contributed by atoms with Gasteiger partial charge in [-0.1, -0.05) is 18.2 Å². The highest BCUT2D eigenvalue weighted by Crippen LogP contribution is 2.11. The summed E-state index contributed by atoms with van der Waals surface area (Å²) in [5, 5.41) is 3.03. The first-order valence-electron chi connectivity index (χ1n) is 6.48. The van der Waals surface area contributed by atoms with Crippen molar-refractivity contribution in [2.75, 3.05) is 33.3 Å². The molecule has 1 atom stereocenters. The summed E-state index contributed by atoms with van der Waals surface area (Å²) >= 11 is 0. The van der Waals surface area contributed by atoms with Crippen LogP contribution in [0.2, 0.25) is 0 Å². The van der Waals surface area contributed by atoms with E-state index in [-0.39, 0.29) is 24.2 Å². The Morgan fingerprint density at radius 3 is 3.05 bits per heavy atom. The second kappa shape index (κ2) is 6.63. The number of amides is 1. The Bertz CT molecular complexity index is 437. The highest BCUT2D eigenvalue weighted by atomic mass is 19.1. The molecule has 1 fully saturated rings. The van der Waals surface area contributed by atoms with Crippen molar-refractivity contribution in [3.05, 3.63) is 35.6 Å². The summed E-state index contributed by atoms with van der Waals surface area (Å²) in [5.74, 6) is -0.370. The maximum atomic E-state index is 13.5. The third kappa shape index (κ3) is 3.75. The molecule has 1 saturated heterocycles. The predicted octanol–water partition coefficient (Wildman–Crippen LogP) is 0.815. The van der Waals surface area contributed by atoms with Crippen molar-refractivity contribution in [3.8, 4) is 0 Å².